The summed E-state index contributed by atoms with van der Waals surface area (Å²) in [7, 11) is 0. The molecule has 6 nitrogen and oxygen atoms in total. The molecule has 0 saturated carbocycles. The van der Waals surface area contributed by atoms with Crippen LogP contribution in [0.15, 0.2) is 53.3 Å². The number of nitrogens with one attached hydrogen (secondary N) is 1. The number of aryl methyl sites for hydroxylation is 1. The normalized spacial score (nSPS) is 16.9. The molecule has 1 aliphatic rings. The molecule has 1 fully saturated rings. The summed E-state index contributed by atoms with van der Waals surface area (Å²) in [5.74, 6) is -0.0504. The quantitative estimate of drug-likeness (QED) is 0.578. The number of hydrogen-bond donors (Lipinski definition) is 1. The second-order valence-electron chi connectivity index (χ2n) is 8.76. The monoisotopic (exact) mass is 432 g/mol. The Morgan fingerprint density at radius 3 is 2.69 bits per heavy atom. The lowest BCUT2D eigenvalue weighted by Crippen LogP contribution is -2.39. The Morgan fingerprint density at radius 1 is 1.12 bits per heavy atom. The van der Waals surface area contributed by atoms with Gasteiger partial charge in [0.25, 0.3) is 11.5 Å². The van der Waals surface area contributed by atoms with Crippen LogP contribution in [0.4, 0.5) is 0 Å². The van der Waals surface area contributed by atoms with Crippen molar-refractivity contribution in [1.29, 1.82) is 0 Å². The molecule has 6 heteroatoms. The van der Waals surface area contributed by atoms with Gasteiger partial charge in [0.2, 0.25) is 0 Å². The number of benzene rings is 2. The maximum atomic E-state index is 12.7. The van der Waals surface area contributed by atoms with E-state index in [1.165, 1.54) is 25.8 Å². The van der Waals surface area contributed by atoms with Crippen molar-refractivity contribution in [2.75, 3.05) is 19.6 Å². The van der Waals surface area contributed by atoms with Gasteiger partial charge in [-0.05, 0) is 69.5 Å². The van der Waals surface area contributed by atoms with Crippen LogP contribution in [0.3, 0.4) is 0 Å². The molecule has 0 radical (unpaired) electrons. The first-order valence-corrected chi connectivity index (χ1v) is 11.6. The molecule has 1 N–H and O–H groups in total. The summed E-state index contributed by atoms with van der Waals surface area (Å²) in [5.41, 5.74) is 3.63. The number of carbonyl (C=O) groups excluding carboxylic acids is 1. The number of carbonyl (C=O) groups is 1. The second-order valence-corrected chi connectivity index (χ2v) is 8.76. The zero-order chi connectivity index (χ0) is 22.5. The van der Waals surface area contributed by atoms with E-state index in [1.807, 2.05) is 48.5 Å². The predicted octanol–water partition coefficient (Wildman–Crippen LogP) is 3.75. The van der Waals surface area contributed by atoms with Gasteiger partial charge >= 0.3 is 0 Å². The summed E-state index contributed by atoms with van der Waals surface area (Å²) in [4.78, 5) is 32.1. The molecule has 1 atom stereocenters. The third-order valence-electron chi connectivity index (χ3n) is 6.42. The molecule has 2 heterocycles. The van der Waals surface area contributed by atoms with E-state index in [-0.39, 0.29) is 11.5 Å². The molecule has 32 heavy (non-hydrogen) atoms. The van der Waals surface area contributed by atoms with Crippen molar-refractivity contribution in [1.82, 2.24) is 19.8 Å². The van der Waals surface area contributed by atoms with Crippen molar-refractivity contribution < 1.29 is 4.79 Å². The lowest BCUT2D eigenvalue weighted by Gasteiger charge is -2.33. The fourth-order valence-electron chi connectivity index (χ4n) is 4.50. The zero-order valence-corrected chi connectivity index (χ0v) is 19.0. The number of likely N-dealkylation sites (tertiary alicyclic amines) is 1. The molecule has 1 aliphatic heterocycles. The Balaban J connectivity index is 1.35. The van der Waals surface area contributed by atoms with E-state index in [1.54, 1.807) is 11.5 Å². The van der Waals surface area contributed by atoms with E-state index in [0.29, 0.717) is 30.4 Å². The Hall–Kier alpha value is -2.99. The third kappa shape index (κ3) is 5.07. The highest BCUT2D eigenvalue weighted by atomic mass is 16.1. The van der Waals surface area contributed by atoms with Gasteiger partial charge in [0.1, 0.15) is 5.69 Å². The van der Waals surface area contributed by atoms with Crippen LogP contribution in [0.5, 0.6) is 0 Å². The van der Waals surface area contributed by atoms with Crippen LogP contribution < -0.4 is 10.9 Å². The molecule has 0 unspecified atom stereocenters. The summed E-state index contributed by atoms with van der Waals surface area (Å²) in [6.45, 7) is 7.37. The van der Waals surface area contributed by atoms with Crippen LogP contribution in [0.1, 0.15) is 54.2 Å². The van der Waals surface area contributed by atoms with Gasteiger partial charge < -0.3 is 14.8 Å². The average Bonchev–Trinajstić information content (AvgIpc) is 2.81. The van der Waals surface area contributed by atoms with E-state index in [2.05, 4.69) is 22.1 Å². The predicted molar refractivity (Wildman–Crippen MR) is 128 cm³/mol. The van der Waals surface area contributed by atoms with E-state index in [4.69, 9.17) is 0 Å². The SMILES string of the molecule is Cc1nc2ccccc2n(Cc2ccc(C(=O)NCCCN3CCCC[C@@H]3C)cc2)c1=O. The first-order chi connectivity index (χ1) is 15.5. The highest BCUT2D eigenvalue weighted by molar-refractivity contribution is 5.94. The van der Waals surface area contributed by atoms with E-state index in [9.17, 15) is 9.59 Å². The molecule has 0 bridgehead atoms. The van der Waals surface area contributed by atoms with Crippen molar-refractivity contribution in [2.24, 2.45) is 0 Å². The van der Waals surface area contributed by atoms with Gasteiger partial charge in [-0.25, -0.2) is 4.98 Å². The molecule has 0 spiro atoms. The molecule has 0 aliphatic carbocycles. The highest BCUT2D eigenvalue weighted by Gasteiger charge is 2.17. The fourth-order valence-corrected chi connectivity index (χ4v) is 4.50. The summed E-state index contributed by atoms with van der Waals surface area (Å²) in [5, 5.41) is 3.03. The van der Waals surface area contributed by atoms with Crippen LogP contribution in [0.2, 0.25) is 0 Å². The molecule has 1 amide bonds. The maximum Gasteiger partial charge on any atom is 0.272 e. The Labute approximate surface area is 189 Å². The minimum absolute atomic E-state index is 0.0504. The molecule has 3 aromatic rings. The van der Waals surface area contributed by atoms with Crippen molar-refractivity contribution in [2.45, 2.75) is 52.1 Å². The number of para-hydroxylation sites is 2. The number of piperidine rings is 1. The molecule has 1 saturated heterocycles. The molecule has 168 valence electrons. The second kappa shape index (κ2) is 10.1. The van der Waals surface area contributed by atoms with Crippen molar-refractivity contribution >= 4 is 16.9 Å². The Bertz CT molecular complexity index is 1140. The van der Waals surface area contributed by atoms with Gasteiger partial charge in [-0.2, -0.15) is 0 Å². The first-order valence-electron chi connectivity index (χ1n) is 11.6. The molecule has 2 aromatic carbocycles. The van der Waals surface area contributed by atoms with Gasteiger partial charge in [-0.15, -0.1) is 0 Å². The van der Waals surface area contributed by atoms with E-state index in [0.717, 1.165) is 29.6 Å². The minimum Gasteiger partial charge on any atom is -0.352 e. The van der Waals surface area contributed by atoms with Gasteiger partial charge in [0.05, 0.1) is 17.6 Å². The molecule has 4 rings (SSSR count). The standard InChI is InChI=1S/C26H32N4O2/c1-19-8-5-6-16-29(19)17-7-15-27-25(31)22-13-11-21(12-14-22)18-30-24-10-4-3-9-23(24)28-20(2)26(30)32/h3-4,9-14,19H,5-8,15-18H2,1-2H3,(H,27,31)/t19-/m0/s1. The number of rotatable bonds is 7. The van der Waals surface area contributed by atoms with Gasteiger partial charge in [0.15, 0.2) is 0 Å². The van der Waals surface area contributed by atoms with E-state index < -0.39 is 0 Å². The van der Waals surface area contributed by atoms with Crippen molar-refractivity contribution in [3.63, 3.8) is 0 Å². The largest absolute Gasteiger partial charge is 0.352 e. The van der Waals surface area contributed by atoms with Crippen LogP contribution in [0.25, 0.3) is 11.0 Å². The highest BCUT2D eigenvalue weighted by Crippen LogP contribution is 2.16. The van der Waals surface area contributed by atoms with Crippen LogP contribution >= 0.6 is 0 Å². The van der Waals surface area contributed by atoms with Crippen LogP contribution in [-0.4, -0.2) is 46.0 Å². The lowest BCUT2D eigenvalue weighted by atomic mass is 10.0. The zero-order valence-electron chi connectivity index (χ0n) is 19.0. The Kier molecular flexibility index (Phi) is 7.00. The van der Waals surface area contributed by atoms with Crippen LogP contribution in [0, 0.1) is 6.92 Å². The van der Waals surface area contributed by atoms with Crippen molar-refractivity contribution in [3.05, 3.63) is 75.7 Å². The smallest absolute Gasteiger partial charge is 0.272 e. The van der Waals surface area contributed by atoms with Crippen LogP contribution in [-0.2, 0) is 6.54 Å². The maximum absolute atomic E-state index is 12.7. The minimum atomic E-state index is -0.0893. The third-order valence-corrected chi connectivity index (χ3v) is 6.42. The summed E-state index contributed by atoms with van der Waals surface area (Å²) >= 11 is 0. The molecular formula is C26H32N4O2. The average molecular weight is 433 g/mol. The number of hydrogen-bond acceptors (Lipinski definition) is 4. The lowest BCUT2D eigenvalue weighted by molar-refractivity contribution is 0.0949. The fraction of sp³-hybridized carbons (Fsp3) is 0.423. The van der Waals surface area contributed by atoms with Gasteiger partial charge in [0, 0.05) is 24.7 Å². The number of nitrogens with zero attached hydrogens (tertiary/aromatic N) is 3. The van der Waals surface area contributed by atoms with E-state index >= 15 is 0 Å². The first kappa shape index (κ1) is 22.2. The summed E-state index contributed by atoms with van der Waals surface area (Å²) in [6, 6.07) is 15.8. The number of fused-ring (bicyclic) bond motifs is 1. The number of amides is 1. The van der Waals surface area contributed by atoms with Gasteiger partial charge in [-0.1, -0.05) is 30.7 Å². The topological polar surface area (TPSA) is 67.2 Å². The summed E-state index contributed by atoms with van der Waals surface area (Å²) in [6.07, 6.45) is 4.85. The van der Waals surface area contributed by atoms with Crippen molar-refractivity contribution in [3.8, 4) is 0 Å². The summed E-state index contributed by atoms with van der Waals surface area (Å²) < 4.78 is 1.74. The molecule has 1 aromatic heterocycles. The molecular weight excluding hydrogens is 400 g/mol. The number of aromatic nitrogens is 2. The Morgan fingerprint density at radius 2 is 1.91 bits per heavy atom. The van der Waals surface area contributed by atoms with Gasteiger partial charge in [-0.3, -0.25) is 9.59 Å².